The third kappa shape index (κ3) is 3.63. The predicted molar refractivity (Wildman–Crippen MR) is 79.5 cm³/mol. The van der Waals surface area contributed by atoms with Gasteiger partial charge in [-0.1, -0.05) is 45.9 Å². The van der Waals surface area contributed by atoms with Gasteiger partial charge in [-0.15, -0.1) is 5.10 Å². The third-order valence-corrected chi connectivity index (χ3v) is 3.75. The van der Waals surface area contributed by atoms with Gasteiger partial charge in [-0.05, 0) is 40.4 Å². The molecule has 0 saturated carbocycles. The number of benzene rings is 1. The van der Waals surface area contributed by atoms with E-state index < -0.39 is 0 Å². The van der Waals surface area contributed by atoms with Gasteiger partial charge >= 0.3 is 0 Å². The van der Waals surface area contributed by atoms with Gasteiger partial charge in [-0.25, -0.2) is 0 Å². The molecule has 0 aliphatic heterocycles. The lowest BCUT2D eigenvalue weighted by Crippen LogP contribution is -2.30. The Kier molecular flexibility index (Phi) is 4.49. The molecule has 5 nitrogen and oxygen atoms in total. The lowest BCUT2D eigenvalue weighted by molar-refractivity contribution is 0.252. The van der Waals surface area contributed by atoms with Gasteiger partial charge < -0.3 is 5.32 Å². The Morgan fingerprint density at radius 1 is 1.20 bits per heavy atom. The van der Waals surface area contributed by atoms with Crippen molar-refractivity contribution in [2.75, 3.05) is 6.54 Å². The molecule has 1 aromatic heterocycles. The summed E-state index contributed by atoms with van der Waals surface area (Å²) in [6.45, 7) is 10.6. The van der Waals surface area contributed by atoms with Gasteiger partial charge in [0, 0.05) is 0 Å². The molecule has 0 aliphatic carbocycles. The molecule has 20 heavy (non-hydrogen) atoms. The van der Waals surface area contributed by atoms with Crippen molar-refractivity contribution in [2.24, 2.45) is 11.3 Å². The first-order valence-electron chi connectivity index (χ1n) is 7.02. The van der Waals surface area contributed by atoms with E-state index in [1.807, 2.05) is 30.3 Å². The fraction of sp³-hybridized carbons (Fsp3) is 0.533. The SMILES string of the molecule is CC(CNCc1nnnn1-c1ccccc1)C(C)(C)C. The van der Waals surface area contributed by atoms with Crippen molar-refractivity contribution in [3.8, 4) is 5.69 Å². The van der Waals surface area contributed by atoms with Crippen molar-refractivity contribution in [1.82, 2.24) is 25.5 Å². The van der Waals surface area contributed by atoms with Crippen LogP contribution >= 0.6 is 0 Å². The molecule has 5 heteroatoms. The molecule has 108 valence electrons. The standard InChI is InChI=1S/C15H23N5/c1-12(15(2,3)4)10-16-11-14-17-18-19-20(14)13-8-6-5-7-9-13/h5-9,12,16H,10-11H2,1-4H3. The van der Waals surface area contributed by atoms with Gasteiger partial charge in [0.2, 0.25) is 0 Å². The highest BCUT2D eigenvalue weighted by Crippen LogP contribution is 2.24. The van der Waals surface area contributed by atoms with Crippen LogP contribution in [0, 0.1) is 11.3 Å². The Morgan fingerprint density at radius 2 is 1.90 bits per heavy atom. The highest BCUT2D eigenvalue weighted by atomic mass is 15.5. The average molecular weight is 273 g/mol. The van der Waals surface area contributed by atoms with Crippen LogP contribution in [0.5, 0.6) is 0 Å². The summed E-state index contributed by atoms with van der Waals surface area (Å²) in [6, 6.07) is 9.94. The Balaban J connectivity index is 1.97. The second-order valence-electron chi connectivity index (χ2n) is 6.24. The number of hydrogen-bond acceptors (Lipinski definition) is 4. The van der Waals surface area contributed by atoms with Gasteiger partial charge in [0.25, 0.3) is 0 Å². The van der Waals surface area contributed by atoms with Crippen molar-refractivity contribution in [3.05, 3.63) is 36.2 Å². The van der Waals surface area contributed by atoms with Gasteiger partial charge in [0.05, 0.1) is 12.2 Å². The minimum Gasteiger partial charge on any atom is -0.309 e. The van der Waals surface area contributed by atoms with Crippen LogP contribution in [0.25, 0.3) is 5.69 Å². The van der Waals surface area contributed by atoms with Gasteiger partial charge in [-0.3, -0.25) is 0 Å². The topological polar surface area (TPSA) is 55.6 Å². The maximum Gasteiger partial charge on any atom is 0.170 e. The van der Waals surface area contributed by atoms with Crippen LogP contribution in [0.4, 0.5) is 0 Å². The molecule has 0 amide bonds. The zero-order valence-corrected chi connectivity index (χ0v) is 12.7. The van der Waals surface area contributed by atoms with Crippen LogP contribution in [-0.4, -0.2) is 26.8 Å². The lowest BCUT2D eigenvalue weighted by Gasteiger charge is -2.27. The van der Waals surface area contributed by atoms with E-state index in [4.69, 9.17) is 0 Å². The van der Waals surface area contributed by atoms with Crippen LogP contribution in [0.2, 0.25) is 0 Å². The van der Waals surface area contributed by atoms with E-state index in [1.54, 1.807) is 4.68 Å². The van der Waals surface area contributed by atoms with Gasteiger partial charge in [-0.2, -0.15) is 4.68 Å². The van der Waals surface area contributed by atoms with Crippen molar-refractivity contribution >= 4 is 0 Å². The number of aromatic nitrogens is 4. The first-order valence-corrected chi connectivity index (χ1v) is 7.02. The van der Waals surface area contributed by atoms with E-state index in [1.165, 1.54) is 0 Å². The smallest absolute Gasteiger partial charge is 0.170 e. The second-order valence-corrected chi connectivity index (χ2v) is 6.24. The molecule has 0 bridgehead atoms. The molecule has 2 rings (SSSR count). The average Bonchev–Trinajstić information content (AvgIpc) is 2.87. The molecule has 0 saturated heterocycles. The van der Waals surface area contributed by atoms with E-state index in [2.05, 4.69) is 48.5 Å². The number of hydrogen-bond donors (Lipinski definition) is 1. The third-order valence-electron chi connectivity index (χ3n) is 3.75. The quantitative estimate of drug-likeness (QED) is 0.909. The number of rotatable bonds is 5. The minimum atomic E-state index is 0.304. The fourth-order valence-electron chi connectivity index (χ4n) is 1.79. The minimum absolute atomic E-state index is 0.304. The number of para-hydroxylation sites is 1. The zero-order valence-electron chi connectivity index (χ0n) is 12.7. The van der Waals surface area contributed by atoms with Crippen molar-refractivity contribution in [1.29, 1.82) is 0 Å². The molecule has 1 N–H and O–H groups in total. The van der Waals surface area contributed by atoms with Crippen LogP contribution in [0.15, 0.2) is 30.3 Å². The molecule has 1 unspecified atom stereocenters. The Labute approximate surface area is 120 Å². The molecule has 1 aromatic carbocycles. The fourth-order valence-corrected chi connectivity index (χ4v) is 1.79. The molecule has 1 atom stereocenters. The molecule has 0 spiro atoms. The molecular weight excluding hydrogens is 250 g/mol. The van der Waals surface area contributed by atoms with Crippen molar-refractivity contribution < 1.29 is 0 Å². The number of nitrogens with zero attached hydrogens (tertiary/aromatic N) is 4. The normalized spacial score (nSPS) is 13.4. The van der Waals surface area contributed by atoms with E-state index in [9.17, 15) is 0 Å². The molecule has 0 fully saturated rings. The van der Waals surface area contributed by atoms with Gasteiger partial charge in [0.1, 0.15) is 0 Å². The first kappa shape index (κ1) is 14.7. The van der Waals surface area contributed by atoms with E-state index in [0.29, 0.717) is 17.9 Å². The summed E-state index contributed by atoms with van der Waals surface area (Å²) in [4.78, 5) is 0. The van der Waals surface area contributed by atoms with Crippen LogP contribution in [0.3, 0.4) is 0 Å². The lowest BCUT2D eigenvalue weighted by atomic mass is 9.82. The highest BCUT2D eigenvalue weighted by Gasteiger charge is 2.19. The van der Waals surface area contributed by atoms with Crippen LogP contribution in [0.1, 0.15) is 33.5 Å². The Morgan fingerprint density at radius 3 is 2.55 bits per heavy atom. The van der Waals surface area contributed by atoms with Crippen molar-refractivity contribution in [3.63, 3.8) is 0 Å². The highest BCUT2D eigenvalue weighted by molar-refractivity contribution is 5.30. The first-order chi connectivity index (χ1) is 9.48. The molecule has 1 heterocycles. The van der Waals surface area contributed by atoms with E-state index >= 15 is 0 Å². The summed E-state index contributed by atoms with van der Waals surface area (Å²) in [5, 5.41) is 15.3. The molecule has 0 radical (unpaired) electrons. The van der Waals surface area contributed by atoms with Crippen LogP contribution in [-0.2, 0) is 6.54 Å². The Hall–Kier alpha value is -1.75. The number of nitrogens with one attached hydrogen (secondary N) is 1. The predicted octanol–water partition coefficient (Wildman–Crippen LogP) is 2.43. The molecular formula is C15H23N5. The van der Waals surface area contributed by atoms with E-state index in [0.717, 1.165) is 18.1 Å². The van der Waals surface area contributed by atoms with Gasteiger partial charge in [0.15, 0.2) is 5.82 Å². The maximum absolute atomic E-state index is 4.09. The summed E-state index contributed by atoms with van der Waals surface area (Å²) < 4.78 is 1.77. The monoisotopic (exact) mass is 273 g/mol. The molecule has 0 aliphatic rings. The summed E-state index contributed by atoms with van der Waals surface area (Å²) in [5.41, 5.74) is 1.29. The molecule has 2 aromatic rings. The zero-order chi connectivity index (χ0) is 14.6. The summed E-state index contributed by atoms with van der Waals surface area (Å²) in [6.07, 6.45) is 0. The number of tetrazole rings is 1. The maximum atomic E-state index is 4.09. The largest absolute Gasteiger partial charge is 0.309 e. The summed E-state index contributed by atoms with van der Waals surface area (Å²) in [5.74, 6) is 1.42. The summed E-state index contributed by atoms with van der Waals surface area (Å²) in [7, 11) is 0. The Bertz CT molecular complexity index is 527. The van der Waals surface area contributed by atoms with E-state index in [-0.39, 0.29) is 0 Å². The van der Waals surface area contributed by atoms with Crippen LogP contribution < -0.4 is 5.32 Å². The van der Waals surface area contributed by atoms with Crippen molar-refractivity contribution in [2.45, 2.75) is 34.2 Å². The summed E-state index contributed by atoms with van der Waals surface area (Å²) >= 11 is 0. The second kappa shape index (κ2) is 6.13.